The molecule has 0 saturated heterocycles. The van der Waals surface area contributed by atoms with E-state index in [9.17, 15) is 58.8 Å². The standard InChI is InChI=1S/C47H57N11O12/c1-26(61)40(58-43(65)33(52-39(62)20-48)16-27-10-4-2-5-11-27)46(68)54-34(17-28-12-6-3-7-13-28)41(63)56-38(24-60)45(67)57-37(23-59)44(66)53-35(19-30-22-49-25-51-30)42(64)55-36(47(69)70)18-29-21-50-32-15-9-8-14-31(29)32/h2-15,21-22,25-26,33-38,40,50,59-61H,16-20,23-24,48H2,1H3,(H,49,51)(H,52,62)(H,53,66)(H,54,68)(H,55,64)(H,56,63)(H,57,67)(H,58,65)(H,69,70)/t26-,33+,34+,35+,36+,37+,38+,40+/m1/s1. The predicted octanol–water partition coefficient (Wildman–Crippen LogP) is -3.04. The molecule has 0 saturated carbocycles. The molecule has 0 unspecified atom stereocenters. The number of carbonyl (C=O) groups is 8. The minimum Gasteiger partial charge on any atom is -0.480 e. The number of carboxylic acids is 1. The molecule has 5 aromatic rings. The maximum absolute atomic E-state index is 13.9. The third-order valence-electron chi connectivity index (χ3n) is 11.1. The number of benzene rings is 3. The van der Waals surface area contributed by atoms with E-state index in [1.165, 1.54) is 19.4 Å². The molecule has 2 aromatic heterocycles. The van der Waals surface area contributed by atoms with Crippen molar-refractivity contribution < 1.29 is 58.8 Å². The van der Waals surface area contributed by atoms with Crippen molar-refractivity contribution in [1.82, 2.24) is 52.2 Å². The first-order valence-corrected chi connectivity index (χ1v) is 22.1. The van der Waals surface area contributed by atoms with Gasteiger partial charge >= 0.3 is 5.97 Å². The first-order chi connectivity index (χ1) is 33.6. The predicted molar refractivity (Wildman–Crippen MR) is 251 cm³/mol. The van der Waals surface area contributed by atoms with Crippen LogP contribution in [0.4, 0.5) is 0 Å². The molecule has 0 fully saturated rings. The van der Waals surface area contributed by atoms with Gasteiger partial charge in [0.05, 0.1) is 32.2 Å². The van der Waals surface area contributed by atoms with E-state index in [0.29, 0.717) is 22.4 Å². The number of amides is 7. The zero-order valence-corrected chi connectivity index (χ0v) is 38.0. The number of aliphatic hydroxyl groups excluding tert-OH is 3. The number of fused-ring (bicyclic) bond motifs is 1. The number of nitrogens with two attached hydrogens (primary N) is 1. The molecule has 3 aromatic carbocycles. The minimum atomic E-state index is -1.80. The van der Waals surface area contributed by atoms with Crippen LogP contribution in [0.1, 0.15) is 29.3 Å². The summed E-state index contributed by atoms with van der Waals surface area (Å²) < 4.78 is 0. The number of imidazole rings is 1. The van der Waals surface area contributed by atoms with E-state index in [0.717, 1.165) is 10.9 Å². The third-order valence-corrected chi connectivity index (χ3v) is 11.1. The average molecular weight is 968 g/mol. The van der Waals surface area contributed by atoms with Crippen molar-refractivity contribution in [3.63, 3.8) is 0 Å². The lowest BCUT2D eigenvalue weighted by Crippen LogP contribution is -2.62. The second-order valence-electron chi connectivity index (χ2n) is 16.3. The number of hydrogen-bond acceptors (Lipinski definition) is 13. The number of para-hydroxylation sites is 1. The van der Waals surface area contributed by atoms with Crippen LogP contribution in [-0.2, 0) is 64.0 Å². The maximum Gasteiger partial charge on any atom is 0.326 e. The molecule has 0 bridgehead atoms. The number of nitrogens with zero attached hydrogens (tertiary/aromatic N) is 1. The highest BCUT2D eigenvalue weighted by Gasteiger charge is 2.35. The van der Waals surface area contributed by atoms with Gasteiger partial charge in [-0.15, -0.1) is 0 Å². The quantitative estimate of drug-likeness (QED) is 0.0262. The summed E-state index contributed by atoms with van der Waals surface area (Å²) in [6, 6.07) is 13.2. The Morgan fingerprint density at radius 1 is 0.571 bits per heavy atom. The fourth-order valence-electron chi connectivity index (χ4n) is 7.32. The van der Waals surface area contributed by atoms with Crippen LogP contribution in [0, 0.1) is 0 Å². The van der Waals surface area contributed by atoms with E-state index in [1.54, 1.807) is 91.1 Å². The SMILES string of the molecule is C[C@@H](O)[C@H](NC(=O)[C@H](Cc1ccccc1)NC(=O)CN)C(=O)N[C@@H](Cc1ccccc1)C(=O)N[C@@H](CO)C(=O)N[C@@H](CO)C(=O)N[C@@H](Cc1cnc[nH]1)C(=O)N[C@@H](Cc1c[nH]c2ccccc12)C(=O)O. The number of H-pyrrole nitrogens is 2. The second-order valence-corrected chi connectivity index (χ2v) is 16.3. The van der Waals surface area contributed by atoms with Gasteiger partial charge < -0.3 is 73.3 Å². The molecule has 7 amide bonds. The third kappa shape index (κ3) is 15.3. The van der Waals surface area contributed by atoms with E-state index in [2.05, 4.69) is 52.2 Å². The molecular formula is C47H57N11O12. The normalized spacial score (nSPS) is 14.5. The van der Waals surface area contributed by atoms with Gasteiger partial charge in [-0.3, -0.25) is 33.6 Å². The summed E-state index contributed by atoms with van der Waals surface area (Å²) in [5, 5.41) is 58.9. The Bertz CT molecular complexity index is 2560. The molecule has 0 spiro atoms. The lowest BCUT2D eigenvalue weighted by atomic mass is 10.0. The number of hydrogen-bond donors (Lipinski definition) is 14. The van der Waals surface area contributed by atoms with Gasteiger partial charge in [0, 0.05) is 54.7 Å². The highest BCUT2D eigenvalue weighted by atomic mass is 16.4. The number of carboxylic acid groups (broad SMARTS) is 1. The van der Waals surface area contributed by atoms with Crippen molar-refractivity contribution in [2.24, 2.45) is 5.73 Å². The topological polar surface area (TPSA) is 372 Å². The van der Waals surface area contributed by atoms with Gasteiger partial charge in [0.15, 0.2) is 0 Å². The van der Waals surface area contributed by atoms with Crippen LogP contribution in [0.5, 0.6) is 0 Å². The van der Waals surface area contributed by atoms with Crippen LogP contribution in [-0.4, -0.2) is 151 Å². The molecular weight excluding hydrogens is 911 g/mol. The molecule has 23 heteroatoms. The molecule has 70 heavy (non-hydrogen) atoms. The van der Waals surface area contributed by atoms with Gasteiger partial charge in [0.1, 0.15) is 42.3 Å². The van der Waals surface area contributed by atoms with Crippen LogP contribution in [0.3, 0.4) is 0 Å². The smallest absolute Gasteiger partial charge is 0.326 e. The number of carbonyl (C=O) groups excluding carboxylic acids is 7. The molecule has 0 aliphatic carbocycles. The first kappa shape index (κ1) is 53.0. The van der Waals surface area contributed by atoms with Crippen LogP contribution in [0.15, 0.2) is 104 Å². The number of rotatable bonds is 26. The number of aliphatic hydroxyl groups is 3. The molecule has 2 heterocycles. The number of aromatic amines is 2. The highest BCUT2D eigenvalue weighted by molar-refractivity contribution is 5.98. The van der Waals surface area contributed by atoms with Crippen molar-refractivity contribution in [3.05, 3.63) is 126 Å². The average Bonchev–Trinajstić information content (AvgIpc) is 4.03. The molecule has 372 valence electrons. The largest absolute Gasteiger partial charge is 0.480 e. The Labute approximate surface area is 400 Å². The van der Waals surface area contributed by atoms with Gasteiger partial charge in [-0.2, -0.15) is 0 Å². The summed E-state index contributed by atoms with van der Waals surface area (Å²) >= 11 is 0. The zero-order valence-electron chi connectivity index (χ0n) is 38.0. The monoisotopic (exact) mass is 967 g/mol. The molecule has 8 atom stereocenters. The molecule has 15 N–H and O–H groups in total. The van der Waals surface area contributed by atoms with Gasteiger partial charge in [0.2, 0.25) is 41.4 Å². The summed E-state index contributed by atoms with van der Waals surface area (Å²) in [5.41, 5.74) is 8.37. The van der Waals surface area contributed by atoms with Crippen molar-refractivity contribution in [1.29, 1.82) is 0 Å². The van der Waals surface area contributed by atoms with E-state index in [1.807, 2.05) is 0 Å². The Kier molecular flexibility index (Phi) is 19.6. The van der Waals surface area contributed by atoms with Gasteiger partial charge in [-0.1, -0.05) is 78.9 Å². The van der Waals surface area contributed by atoms with Gasteiger partial charge in [-0.05, 0) is 29.7 Å². The number of nitrogens with one attached hydrogen (secondary N) is 9. The van der Waals surface area contributed by atoms with E-state index < -0.39 is 115 Å². The summed E-state index contributed by atoms with van der Waals surface area (Å²) in [5.74, 6) is -8.14. The maximum atomic E-state index is 13.9. The van der Waals surface area contributed by atoms with Crippen LogP contribution >= 0.6 is 0 Å². The Morgan fingerprint density at radius 3 is 1.56 bits per heavy atom. The lowest BCUT2D eigenvalue weighted by molar-refractivity contribution is -0.142. The van der Waals surface area contributed by atoms with Crippen LogP contribution in [0.25, 0.3) is 10.9 Å². The molecule has 0 aliphatic heterocycles. The van der Waals surface area contributed by atoms with Gasteiger partial charge in [-0.25, -0.2) is 9.78 Å². The second kappa shape index (κ2) is 26.0. The van der Waals surface area contributed by atoms with Crippen molar-refractivity contribution in [2.75, 3.05) is 19.8 Å². The fraction of sp³-hybridized carbons (Fsp3) is 0.340. The minimum absolute atomic E-state index is 0.00354. The molecule has 23 nitrogen and oxygen atoms in total. The summed E-state index contributed by atoms with van der Waals surface area (Å²) in [6.45, 7) is -1.31. The van der Waals surface area contributed by atoms with Gasteiger partial charge in [0.25, 0.3) is 0 Å². The van der Waals surface area contributed by atoms with Crippen LogP contribution < -0.4 is 43.0 Å². The van der Waals surface area contributed by atoms with Crippen molar-refractivity contribution in [2.45, 2.75) is 81.0 Å². The molecule has 0 radical (unpaired) electrons. The zero-order chi connectivity index (χ0) is 50.7. The van der Waals surface area contributed by atoms with Crippen molar-refractivity contribution in [3.8, 4) is 0 Å². The number of aliphatic carboxylic acids is 1. The van der Waals surface area contributed by atoms with Crippen LogP contribution in [0.2, 0.25) is 0 Å². The Hall–Kier alpha value is -7.99. The first-order valence-electron chi connectivity index (χ1n) is 22.1. The Morgan fingerprint density at radius 2 is 1.04 bits per heavy atom. The number of aromatic nitrogens is 3. The summed E-state index contributed by atoms with van der Waals surface area (Å²) in [6.07, 6.45) is 2.21. The summed E-state index contributed by atoms with van der Waals surface area (Å²) in [4.78, 5) is 117. The van der Waals surface area contributed by atoms with E-state index >= 15 is 0 Å². The Balaban J connectivity index is 1.27. The summed E-state index contributed by atoms with van der Waals surface area (Å²) in [7, 11) is 0. The highest BCUT2D eigenvalue weighted by Crippen LogP contribution is 2.19. The van der Waals surface area contributed by atoms with Crippen molar-refractivity contribution >= 4 is 58.2 Å². The van der Waals surface area contributed by atoms with E-state index in [-0.39, 0.29) is 25.7 Å². The fourth-order valence-corrected chi connectivity index (χ4v) is 7.32. The van der Waals surface area contributed by atoms with E-state index in [4.69, 9.17) is 5.73 Å². The molecule has 0 aliphatic rings. The lowest BCUT2D eigenvalue weighted by Gasteiger charge is -2.28. The molecule has 5 rings (SSSR count).